The van der Waals surface area contributed by atoms with Crippen LogP contribution in [0.5, 0.6) is 5.75 Å². The molecule has 0 aliphatic heterocycles. The number of aryl methyl sites for hydroxylation is 1. The molecule has 0 saturated heterocycles. The van der Waals surface area contributed by atoms with Gasteiger partial charge < -0.3 is 10.8 Å². The average molecular weight is 172 g/mol. The second kappa shape index (κ2) is 3.49. The zero-order valence-electron chi connectivity index (χ0n) is 6.05. The Labute approximate surface area is 70.6 Å². The lowest BCUT2D eigenvalue weighted by Crippen LogP contribution is -1.94. The number of aromatic hydroxyl groups is 1. The van der Waals surface area contributed by atoms with Crippen LogP contribution in [0.1, 0.15) is 5.56 Å². The molecule has 0 heterocycles. The van der Waals surface area contributed by atoms with Gasteiger partial charge in [-0.1, -0.05) is 12.1 Å². The molecule has 0 radical (unpaired) electrons. The molecule has 11 heavy (non-hydrogen) atoms. The molecule has 0 atom stereocenters. The van der Waals surface area contributed by atoms with Crippen molar-refractivity contribution >= 4 is 17.3 Å². The summed E-state index contributed by atoms with van der Waals surface area (Å²) in [5.74, 6) is 0.654. The standard InChI is InChI=1S/C8H10ClNO/c9-5-4-6-2-1-3-7(11)8(6)10/h1-3,11H,4-5,10H2. The molecule has 0 saturated carbocycles. The Morgan fingerprint density at radius 3 is 2.82 bits per heavy atom. The van der Waals surface area contributed by atoms with Crippen LogP contribution in [0.15, 0.2) is 18.2 Å². The molecule has 60 valence electrons. The third kappa shape index (κ3) is 1.77. The van der Waals surface area contributed by atoms with Gasteiger partial charge >= 0.3 is 0 Å². The summed E-state index contributed by atoms with van der Waals surface area (Å²) in [5, 5.41) is 9.16. The normalized spacial score (nSPS) is 9.91. The molecule has 2 nitrogen and oxygen atoms in total. The number of alkyl halides is 1. The van der Waals surface area contributed by atoms with Gasteiger partial charge in [-0.05, 0) is 18.1 Å². The summed E-state index contributed by atoms with van der Waals surface area (Å²) in [6, 6.07) is 5.18. The monoisotopic (exact) mass is 171 g/mol. The van der Waals surface area contributed by atoms with Crippen molar-refractivity contribution in [1.82, 2.24) is 0 Å². The van der Waals surface area contributed by atoms with E-state index in [0.717, 1.165) is 5.56 Å². The molecule has 3 heteroatoms. The first-order valence-corrected chi connectivity index (χ1v) is 3.91. The maximum atomic E-state index is 9.16. The zero-order valence-corrected chi connectivity index (χ0v) is 6.80. The molecule has 0 aliphatic carbocycles. The maximum absolute atomic E-state index is 9.16. The number of benzene rings is 1. The van der Waals surface area contributed by atoms with Crippen LogP contribution in [0.4, 0.5) is 5.69 Å². The molecular weight excluding hydrogens is 162 g/mol. The molecule has 1 rings (SSSR count). The molecule has 0 spiro atoms. The van der Waals surface area contributed by atoms with Crippen LogP contribution in [0.2, 0.25) is 0 Å². The van der Waals surface area contributed by atoms with Crippen molar-refractivity contribution in [1.29, 1.82) is 0 Å². The molecule has 3 N–H and O–H groups in total. The fourth-order valence-electron chi connectivity index (χ4n) is 0.919. The van der Waals surface area contributed by atoms with E-state index in [2.05, 4.69) is 0 Å². The molecule has 0 unspecified atom stereocenters. The highest BCUT2D eigenvalue weighted by Crippen LogP contribution is 2.23. The van der Waals surface area contributed by atoms with Gasteiger partial charge in [0, 0.05) is 5.88 Å². The van der Waals surface area contributed by atoms with Crippen LogP contribution in [0, 0.1) is 0 Å². The third-order valence-corrected chi connectivity index (χ3v) is 1.73. The van der Waals surface area contributed by atoms with E-state index in [1.54, 1.807) is 12.1 Å². The largest absolute Gasteiger partial charge is 0.506 e. The Balaban J connectivity index is 2.96. The van der Waals surface area contributed by atoms with E-state index in [1.807, 2.05) is 6.07 Å². The predicted octanol–water partition coefficient (Wildman–Crippen LogP) is 1.76. The first-order chi connectivity index (χ1) is 5.25. The summed E-state index contributed by atoms with van der Waals surface area (Å²) in [7, 11) is 0. The molecule has 0 aromatic heterocycles. The number of para-hydroxylation sites is 1. The van der Waals surface area contributed by atoms with Gasteiger partial charge in [0.2, 0.25) is 0 Å². The van der Waals surface area contributed by atoms with Gasteiger partial charge in [-0.25, -0.2) is 0 Å². The van der Waals surface area contributed by atoms with Crippen molar-refractivity contribution in [3.05, 3.63) is 23.8 Å². The summed E-state index contributed by atoms with van der Waals surface area (Å²) in [4.78, 5) is 0. The number of halogens is 1. The predicted molar refractivity (Wildman–Crippen MR) is 46.9 cm³/mol. The zero-order chi connectivity index (χ0) is 8.27. The molecular formula is C8H10ClNO. The molecule has 1 aromatic rings. The van der Waals surface area contributed by atoms with Gasteiger partial charge in [0.1, 0.15) is 5.75 Å². The molecule has 0 fully saturated rings. The van der Waals surface area contributed by atoms with Crippen LogP contribution in [-0.4, -0.2) is 11.0 Å². The van der Waals surface area contributed by atoms with Gasteiger partial charge in [0.05, 0.1) is 5.69 Å². The van der Waals surface area contributed by atoms with Crippen molar-refractivity contribution in [2.24, 2.45) is 0 Å². The fourth-order valence-corrected chi connectivity index (χ4v) is 1.12. The lowest BCUT2D eigenvalue weighted by Gasteiger charge is -2.03. The second-order valence-corrected chi connectivity index (χ2v) is 2.67. The molecule has 1 aromatic carbocycles. The summed E-state index contributed by atoms with van der Waals surface area (Å²) in [6.07, 6.45) is 0.696. The van der Waals surface area contributed by atoms with Gasteiger partial charge in [-0.15, -0.1) is 11.6 Å². The van der Waals surface area contributed by atoms with Crippen molar-refractivity contribution in [2.45, 2.75) is 6.42 Å². The Kier molecular flexibility index (Phi) is 2.60. The van der Waals surface area contributed by atoms with E-state index >= 15 is 0 Å². The van der Waals surface area contributed by atoms with Crippen molar-refractivity contribution in [2.75, 3.05) is 11.6 Å². The number of anilines is 1. The Morgan fingerprint density at radius 1 is 1.45 bits per heavy atom. The molecule has 0 amide bonds. The van der Waals surface area contributed by atoms with E-state index in [0.29, 0.717) is 18.0 Å². The van der Waals surface area contributed by atoms with Crippen LogP contribution in [0.25, 0.3) is 0 Å². The van der Waals surface area contributed by atoms with E-state index in [4.69, 9.17) is 22.4 Å². The number of phenols is 1. The van der Waals surface area contributed by atoms with E-state index < -0.39 is 0 Å². The Morgan fingerprint density at radius 2 is 2.18 bits per heavy atom. The summed E-state index contributed by atoms with van der Waals surface area (Å²) in [5.41, 5.74) is 6.90. The van der Waals surface area contributed by atoms with E-state index in [1.165, 1.54) is 0 Å². The first kappa shape index (κ1) is 8.21. The summed E-state index contributed by atoms with van der Waals surface area (Å²) in [6.45, 7) is 0. The number of nitrogen functional groups attached to an aromatic ring is 1. The number of phenolic OH excluding ortho intramolecular Hbond substituents is 1. The minimum atomic E-state index is 0.132. The van der Waals surface area contributed by atoms with Crippen LogP contribution in [0.3, 0.4) is 0 Å². The topological polar surface area (TPSA) is 46.2 Å². The number of nitrogens with two attached hydrogens (primary N) is 1. The van der Waals surface area contributed by atoms with Gasteiger partial charge in [-0.2, -0.15) is 0 Å². The minimum Gasteiger partial charge on any atom is -0.506 e. The highest BCUT2D eigenvalue weighted by atomic mass is 35.5. The quantitative estimate of drug-likeness (QED) is 0.405. The SMILES string of the molecule is Nc1c(O)cccc1CCCl. The van der Waals surface area contributed by atoms with Crippen molar-refractivity contribution < 1.29 is 5.11 Å². The van der Waals surface area contributed by atoms with Crippen LogP contribution < -0.4 is 5.73 Å². The lowest BCUT2D eigenvalue weighted by molar-refractivity contribution is 0.477. The van der Waals surface area contributed by atoms with Gasteiger partial charge in [0.15, 0.2) is 0 Å². The van der Waals surface area contributed by atoms with E-state index in [-0.39, 0.29) is 5.75 Å². The Hall–Kier alpha value is -0.890. The summed E-state index contributed by atoms with van der Waals surface area (Å²) >= 11 is 5.52. The lowest BCUT2D eigenvalue weighted by atomic mass is 10.1. The highest BCUT2D eigenvalue weighted by Gasteiger charge is 2.01. The first-order valence-electron chi connectivity index (χ1n) is 3.38. The Bertz CT molecular complexity index is 250. The van der Waals surface area contributed by atoms with Gasteiger partial charge in [-0.3, -0.25) is 0 Å². The second-order valence-electron chi connectivity index (χ2n) is 2.29. The molecule has 0 bridgehead atoms. The van der Waals surface area contributed by atoms with Gasteiger partial charge in [0.25, 0.3) is 0 Å². The van der Waals surface area contributed by atoms with Crippen molar-refractivity contribution in [3.63, 3.8) is 0 Å². The third-order valence-electron chi connectivity index (χ3n) is 1.54. The molecule has 0 aliphatic rings. The highest BCUT2D eigenvalue weighted by molar-refractivity contribution is 6.18. The average Bonchev–Trinajstić information content (AvgIpc) is 1.99. The number of hydrogen-bond acceptors (Lipinski definition) is 2. The maximum Gasteiger partial charge on any atom is 0.138 e. The fraction of sp³-hybridized carbons (Fsp3) is 0.250. The number of hydrogen-bond donors (Lipinski definition) is 2. The minimum absolute atomic E-state index is 0.132. The van der Waals surface area contributed by atoms with Crippen LogP contribution >= 0.6 is 11.6 Å². The van der Waals surface area contributed by atoms with Crippen molar-refractivity contribution in [3.8, 4) is 5.75 Å². The van der Waals surface area contributed by atoms with Crippen LogP contribution in [-0.2, 0) is 6.42 Å². The number of rotatable bonds is 2. The summed E-state index contributed by atoms with van der Waals surface area (Å²) < 4.78 is 0. The van der Waals surface area contributed by atoms with E-state index in [9.17, 15) is 0 Å². The smallest absolute Gasteiger partial charge is 0.138 e.